The van der Waals surface area contributed by atoms with Gasteiger partial charge >= 0.3 is 0 Å². The number of allylic oxidation sites excluding steroid dienone is 1. The van der Waals surface area contributed by atoms with Gasteiger partial charge in [-0.3, -0.25) is 0 Å². The third-order valence-electron chi connectivity index (χ3n) is 3.45. The molecule has 1 saturated carbocycles. The molecule has 1 rings (SSSR count). The minimum absolute atomic E-state index is 0.0857. The fraction of sp³-hybridized carbons (Fsp3) is 0.818. The zero-order valence-corrected chi connectivity index (χ0v) is 8.43. The molecule has 0 radical (unpaired) electrons. The maximum absolute atomic E-state index is 9.56. The maximum Gasteiger partial charge on any atom is 0.0566 e. The van der Waals surface area contributed by atoms with Crippen LogP contribution in [0, 0.1) is 11.3 Å². The highest BCUT2D eigenvalue weighted by molar-refractivity contribution is 5.08. The first kappa shape index (κ1) is 9.79. The molecular weight excluding hydrogens is 148 g/mol. The van der Waals surface area contributed by atoms with Crippen molar-refractivity contribution in [2.75, 3.05) is 0 Å². The van der Waals surface area contributed by atoms with Gasteiger partial charge in [-0.05, 0) is 37.5 Å². The Bertz CT molecular complexity index is 185. The summed E-state index contributed by atoms with van der Waals surface area (Å²) in [5.41, 5.74) is 1.54. The van der Waals surface area contributed by atoms with Crippen molar-refractivity contribution in [1.82, 2.24) is 0 Å². The van der Waals surface area contributed by atoms with E-state index in [1.165, 1.54) is 5.57 Å². The highest BCUT2D eigenvalue weighted by Crippen LogP contribution is 2.43. The lowest BCUT2D eigenvalue weighted by Crippen LogP contribution is -2.33. The molecular formula is C11H20O. The van der Waals surface area contributed by atoms with E-state index in [1.54, 1.807) is 0 Å². The summed E-state index contributed by atoms with van der Waals surface area (Å²) in [6.07, 6.45) is 3.03. The second-order valence-corrected chi connectivity index (χ2v) is 4.63. The van der Waals surface area contributed by atoms with Crippen molar-refractivity contribution >= 4 is 0 Å². The quantitative estimate of drug-likeness (QED) is 0.597. The Morgan fingerprint density at radius 2 is 2.17 bits per heavy atom. The summed E-state index contributed by atoms with van der Waals surface area (Å²) in [5.74, 6) is 0.431. The molecule has 1 nitrogen and oxygen atoms in total. The number of hydrogen-bond donors (Lipinski definition) is 1. The normalized spacial score (nSPS) is 42.7. The lowest BCUT2D eigenvalue weighted by molar-refractivity contribution is 0.0368. The van der Waals surface area contributed by atoms with Crippen LogP contribution >= 0.6 is 0 Å². The summed E-state index contributed by atoms with van der Waals surface area (Å²) < 4.78 is 0. The van der Waals surface area contributed by atoms with Gasteiger partial charge in [0.1, 0.15) is 0 Å². The lowest BCUT2D eigenvalue weighted by Gasteiger charge is -2.40. The van der Waals surface area contributed by atoms with Crippen molar-refractivity contribution in [2.24, 2.45) is 11.3 Å². The molecule has 1 heteroatoms. The van der Waals surface area contributed by atoms with E-state index < -0.39 is 0 Å². The van der Waals surface area contributed by atoms with E-state index in [2.05, 4.69) is 27.4 Å². The minimum Gasteiger partial charge on any atom is -0.393 e. The van der Waals surface area contributed by atoms with Crippen molar-refractivity contribution in [3.63, 3.8) is 0 Å². The maximum atomic E-state index is 9.56. The number of hydrogen-bond acceptors (Lipinski definition) is 1. The molecule has 0 amide bonds. The smallest absolute Gasteiger partial charge is 0.0566 e. The van der Waals surface area contributed by atoms with E-state index >= 15 is 0 Å². The van der Waals surface area contributed by atoms with Crippen LogP contribution in [-0.4, -0.2) is 11.2 Å². The predicted octanol–water partition coefficient (Wildman–Crippen LogP) is 2.75. The second-order valence-electron chi connectivity index (χ2n) is 4.63. The molecule has 1 N–H and O–H groups in total. The Morgan fingerprint density at radius 3 is 2.58 bits per heavy atom. The third kappa shape index (κ3) is 1.71. The van der Waals surface area contributed by atoms with Gasteiger partial charge in [0, 0.05) is 0 Å². The van der Waals surface area contributed by atoms with Crippen molar-refractivity contribution in [3.05, 3.63) is 12.2 Å². The largest absolute Gasteiger partial charge is 0.393 e. The molecule has 0 aromatic rings. The molecule has 3 atom stereocenters. The van der Waals surface area contributed by atoms with Crippen LogP contribution in [0.3, 0.4) is 0 Å². The Labute approximate surface area is 75.5 Å². The van der Waals surface area contributed by atoms with Gasteiger partial charge in [-0.25, -0.2) is 0 Å². The Balaban J connectivity index is 2.66. The predicted molar refractivity (Wildman–Crippen MR) is 51.9 cm³/mol. The molecule has 0 aromatic heterocycles. The Morgan fingerprint density at radius 1 is 1.58 bits per heavy atom. The topological polar surface area (TPSA) is 20.2 Å². The molecule has 12 heavy (non-hydrogen) atoms. The van der Waals surface area contributed by atoms with Crippen LogP contribution < -0.4 is 0 Å². The second kappa shape index (κ2) is 3.21. The highest BCUT2D eigenvalue weighted by Gasteiger charge is 2.35. The SMILES string of the molecule is C=C(C)C1(C)CCC(O)C(C)C1. The lowest BCUT2D eigenvalue weighted by atomic mass is 9.67. The summed E-state index contributed by atoms with van der Waals surface area (Å²) in [4.78, 5) is 0. The zero-order valence-electron chi connectivity index (χ0n) is 8.43. The van der Waals surface area contributed by atoms with Crippen molar-refractivity contribution in [1.29, 1.82) is 0 Å². The summed E-state index contributed by atoms with van der Waals surface area (Å²) in [5, 5.41) is 9.56. The van der Waals surface area contributed by atoms with Gasteiger partial charge in [0.2, 0.25) is 0 Å². The number of aliphatic hydroxyl groups excluding tert-OH is 1. The van der Waals surface area contributed by atoms with Gasteiger partial charge in [0.15, 0.2) is 0 Å². The van der Waals surface area contributed by atoms with Crippen LogP contribution in [0.2, 0.25) is 0 Å². The summed E-state index contributed by atoms with van der Waals surface area (Å²) in [6, 6.07) is 0. The molecule has 0 saturated heterocycles. The minimum atomic E-state index is -0.0857. The zero-order chi connectivity index (χ0) is 9.35. The number of aliphatic hydroxyl groups is 1. The number of rotatable bonds is 1. The third-order valence-corrected chi connectivity index (χ3v) is 3.45. The Kier molecular flexibility index (Phi) is 2.62. The fourth-order valence-electron chi connectivity index (χ4n) is 2.09. The molecule has 0 aliphatic heterocycles. The van der Waals surface area contributed by atoms with Crippen molar-refractivity contribution < 1.29 is 5.11 Å². The first-order valence-electron chi connectivity index (χ1n) is 4.80. The van der Waals surface area contributed by atoms with E-state index in [-0.39, 0.29) is 11.5 Å². The Hall–Kier alpha value is -0.300. The van der Waals surface area contributed by atoms with Gasteiger partial charge in [-0.15, -0.1) is 0 Å². The molecule has 1 aliphatic carbocycles. The van der Waals surface area contributed by atoms with Crippen LogP contribution in [0.5, 0.6) is 0 Å². The van der Waals surface area contributed by atoms with Crippen LogP contribution in [-0.2, 0) is 0 Å². The molecule has 1 aliphatic rings. The molecule has 3 unspecified atom stereocenters. The van der Waals surface area contributed by atoms with Gasteiger partial charge < -0.3 is 5.11 Å². The average Bonchev–Trinajstić information content (AvgIpc) is 1.97. The van der Waals surface area contributed by atoms with Crippen LogP contribution in [0.25, 0.3) is 0 Å². The van der Waals surface area contributed by atoms with Crippen molar-refractivity contribution in [2.45, 2.75) is 46.1 Å². The monoisotopic (exact) mass is 168 g/mol. The van der Waals surface area contributed by atoms with Crippen LogP contribution in [0.15, 0.2) is 12.2 Å². The van der Waals surface area contributed by atoms with E-state index in [1.807, 2.05) is 0 Å². The van der Waals surface area contributed by atoms with Crippen molar-refractivity contribution in [3.8, 4) is 0 Å². The first-order valence-corrected chi connectivity index (χ1v) is 4.80. The van der Waals surface area contributed by atoms with E-state index in [4.69, 9.17) is 0 Å². The van der Waals surface area contributed by atoms with E-state index in [9.17, 15) is 5.11 Å². The molecule has 0 heterocycles. The first-order chi connectivity index (χ1) is 5.46. The van der Waals surface area contributed by atoms with Gasteiger partial charge in [-0.1, -0.05) is 26.0 Å². The van der Waals surface area contributed by atoms with E-state index in [0.29, 0.717) is 5.92 Å². The molecule has 0 aromatic carbocycles. The average molecular weight is 168 g/mol. The molecule has 70 valence electrons. The molecule has 0 bridgehead atoms. The van der Waals surface area contributed by atoms with Crippen LogP contribution in [0.4, 0.5) is 0 Å². The summed E-state index contributed by atoms with van der Waals surface area (Å²) in [7, 11) is 0. The fourth-order valence-corrected chi connectivity index (χ4v) is 2.09. The summed E-state index contributed by atoms with van der Waals surface area (Å²) >= 11 is 0. The molecule has 0 spiro atoms. The highest BCUT2D eigenvalue weighted by atomic mass is 16.3. The van der Waals surface area contributed by atoms with Gasteiger partial charge in [0.05, 0.1) is 6.10 Å². The standard InChI is InChI=1S/C11H20O/c1-8(2)11(4)6-5-10(12)9(3)7-11/h9-10,12H,1,5-7H2,2-4H3. The molecule has 1 fully saturated rings. The van der Waals surface area contributed by atoms with Gasteiger partial charge in [0.25, 0.3) is 0 Å². The van der Waals surface area contributed by atoms with E-state index in [0.717, 1.165) is 19.3 Å². The van der Waals surface area contributed by atoms with Gasteiger partial charge in [-0.2, -0.15) is 0 Å². The van der Waals surface area contributed by atoms with Crippen LogP contribution in [0.1, 0.15) is 40.0 Å². The summed E-state index contributed by atoms with van der Waals surface area (Å²) in [6.45, 7) is 10.5.